The smallest absolute Gasteiger partial charge is 0.307 e. The van der Waals surface area contributed by atoms with Crippen LogP contribution in [0.25, 0.3) is 0 Å². The standard InChI is InChI=1S/C10H19NO4S/c1-8(10(12)13)7-11(16(2,14)15)9-5-3-4-6-9/h8-9H,3-7H2,1-2H3,(H,12,13). The SMILES string of the molecule is CC(CN(C1CCCC1)S(C)(=O)=O)C(=O)O. The van der Waals surface area contributed by atoms with Gasteiger partial charge in [0, 0.05) is 12.6 Å². The van der Waals surface area contributed by atoms with E-state index in [1.54, 1.807) is 0 Å². The van der Waals surface area contributed by atoms with Crippen molar-refractivity contribution in [3.8, 4) is 0 Å². The first kappa shape index (κ1) is 13.4. The van der Waals surface area contributed by atoms with Crippen LogP contribution in [-0.4, -0.2) is 42.6 Å². The zero-order valence-corrected chi connectivity index (χ0v) is 10.5. The van der Waals surface area contributed by atoms with Gasteiger partial charge in [-0.15, -0.1) is 0 Å². The minimum Gasteiger partial charge on any atom is -0.481 e. The summed E-state index contributed by atoms with van der Waals surface area (Å²) in [4.78, 5) is 10.8. The largest absolute Gasteiger partial charge is 0.481 e. The lowest BCUT2D eigenvalue weighted by Gasteiger charge is -2.27. The Morgan fingerprint density at radius 3 is 2.31 bits per heavy atom. The minimum absolute atomic E-state index is 0.00296. The Bertz CT molecular complexity index is 346. The summed E-state index contributed by atoms with van der Waals surface area (Å²) in [7, 11) is -3.31. The van der Waals surface area contributed by atoms with Crippen LogP contribution in [-0.2, 0) is 14.8 Å². The zero-order chi connectivity index (χ0) is 12.3. The van der Waals surface area contributed by atoms with Crippen LogP contribution in [0.3, 0.4) is 0 Å². The van der Waals surface area contributed by atoms with Gasteiger partial charge < -0.3 is 5.11 Å². The van der Waals surface area contributed by atoms with Crippen molar-refractivity contribution in [3.63, 3.8) is 0 Å². The van der Waals surface area contributed by atoms with Gasteiger partial charge in [0.15, 0.2) is 0 Å². The van der Waals surface area contributed by atoms with Crippen molar-refractivity contribution in [2.75, 3.05) is 12.8 Å². The van der Waals surface area contributed by atoms with E-state index in [2.05, 4.69) is 0 Å². The van der Waals surface area contributed by atoms with E-state index in [4.69, 9.17) is 5.11 Å². The molecular weight excluding hydrogens is 230 g/mol. The highest BCUT2D eigenvalue weighted by molar-refractivity contribution is 7.88. The average molecular weight is 249 g/mol. The van der Waals surface area contributed by atoms with Crippen molar-refractivity contribution in [1.29, 1.82) is 0 Å². The van der Waals surface area contributed by atoms with E-state index in [0.717, 1.165) is 31.9 Å². The molecular formula is C10H19NO4S. The van der Waals surface area contributed by atoms with Crippen LogP contribution >= 0.6 is 0 Å². The van der Waals surface area contributed by atoms with Crippen molar-refractivity contribution in [2.45, 2.75) is 38.6 Å². The van der Waals surface area contributed by atoms with E-state index < -0.39 is 21.9 Å². The van der Waals surface area contributed by atoms with Gasteiger partial charge in [0.25, 0.3) is 0 Å². The number of hydrogen-bond acceptors (Lipinski definition) is 3. The maximum Gasteiger partial charge on any atom is 0.307 e. The second-order valence-electron chi connectivity index (χ2n) is 4.51. The molecule has 0 amide bonds. The zero-order valence-electron chi connectivity index (χ0n) is 9.72. The van der Waals surface area contributed by atoms with Crippen molar-refractivity contribution in [1.82, 2.24) is 4.31 Å². The molecule has 1 aliphatic carbocycles. The Morgan fingerprint density at radius 1 is 1.44 bits per heavy atom. The first-order valence-corrected chi connectivity index (χ1v) is 7.37. The summed E-state index contributed by atoms with van der Waals surface area (Å²) in [5.74, 6) is -1.61. The lowest BCUT2D eigenvalue weighted by molar-refractivity contribution is -0.141. The average Bonchev–Trinajstić information content (AvgIpc) is 2.63. The van der Waals surface area contributed by atoms with Gasteiger partial charge in [0.2, 0.25) is 10.0 Å². The summed E-state index contributed by atoms with van der Waals surface area (Å²) in [5, 5.41) is 8.82. The second kappa shape index (κ2) is 5.14. The van der Waals surface area contributed by atoms with Gasteiger partial charge in [0.05, 0.1) is 12.2 Å². The van der Waals surface area contributed by atoms with Crippen molar-refractivity contribution >= 4 is 16.0 Å². The summed E-state index contributed by atoms with van der Waals surface area (Å²) in [5.41, 5.74) is 0. The van der Waals surface area contributed by atoms with E-state index in [0.29, 0.717) is 0 Å². The fourth-order valence-electron chi connectivity index (χ4n) is 2.10. The highest BCUT2D eigenvalue weighted by atomic mass is 32.2. The van der Waals surface area contributed by atoms with Crippen LogP contribution in [0, 0.1) is 5.92 Å². The fourth-order valence-corrected chi connectivity index (χ4v) is 3.34. The Balaban J connectivity index is 2.76. The fraction of sp³-hybridized carbons (Fsp3) is 0.900. The molecule has 0 aliphatic heterocycles. The predicted molar refractivity (Wildman–Crippen MR) is 60.6 cm³/mol. The maximum absolute atomic E-state index is 11.6. The van der Waals surface area contributed by atoms with Crippen molar-refractivity contribution in [3.05, 3.63) is 0 Å². The predicted octanol–water partition coefficient (Wildman–Crippen LogP) is 0.911. The number of carbonyl (C=O) groups is 1. The molecule has 6 heteroatoms. The Hall–Kier alpha value is -0.620. The number of aliphatic carboxylic acids is 1. The molecule has 1 saturated carbocycles. The van der Waals surface area contributed by atoms with Crippen LogP contribution in [0.5, 0.6) is 0 Å². The number of rotatable bonds is 5. The van der Waals surface area contributed by atoms with Crippen molar-refractivity contribution in [2.24, 2.45) is 5.92 Å². The summed E-state index contributed by atoms with van der Waals surface area (Å²) < 4.78 is 24.6. The summed E-state index contributed by atoms with van der Waals surface area (Å²) in [6, 6.07) is -0.00296. The molecule has 94 valence electrons. The van der Waals surface area contributed by atoms with E-state index >= 15 is 0 Å². The highest BCUT2D eigenvalue weighted by Crippen LogP contribution is 2.26. The molecule has 0 radical (unpaired) electrons. The summed E-state index contributed by atoms with van der Waals surface area (Å²) >= 11 is 0. The molecule has 1 unspecified atom stereocenters. The van der Waals surface area contributed by atoms with Crippen LogP contribution in [0.15, 0.2) is 0 Å². The van der Waals surface area contributed by atoms with Crippen LogP contribution in [0.1, 0.15) is 32.6 Å². The highest BCUT2D eigenvalue weighted by Gasteiger charge is 2.31. The Kier molecular flexibility index (Phi) is 4.32. The van der Waals surface area contributed by atoms with Crippen LogP contribution in [0.2, 0.25) is 0 Å². The monoisotopic (exact) mass is 249 g/mol. The maximum atomic E-state index is 11.6. The number of nitrogens with zero attached hydrogens (tertiary/aromatic N) is 1. The first-order chi connectivity index (χ1) is 7.32. The number of hydrogen-bond donors (Lipinski definition) is 1. The van der Waals surface area contributed by atoms with E-state index in [1.165, 1.54) is 11.2 Å². The molecule has 1 rings (SSSR count). The van der Waals surface area contributed by atoms with Gasteiger partial charge in [0.1, 0.15) is 0 Å². The molecule has 5 nitrogen and oxygen atoms in total. The molecule has 0 aromatic carbocycles. The third kappa shape index (κ3) is 3.45. The number of carboxylic acids is 1. The Morgan fingerprint density at radius 2 is 1.94 bits per heavy atom. The van der Waals surface area contributed by atoms with E-state index in [1.807, 2.05) is 0 Å². The van der Waals surface area contributed by atoms with Crippen LogP contribution < -0.4 is 0 Å². The van der Waals surface area contributed by atoms with Gasteiger partial charge in [-0.05, 0) is 12.8 Å². The molecule has 16 heavy (non-hydrogen) atoms. The molecule has 0 saturated heterocycles. The molecule has 1 atom stereocenters. The third-order valence-electron chi connectivity index (χ3n) is 3.03. The normalized spacial score (nSPS) is 20.2. The third-order valence-corrected chi connectivity index (χ3v) is 4.33. The minimum atomic E-state index is -3.31. The molecule has 1 N–H and O–H groups in total. The summed E-state index contributed by atoms with van der Waals surface area (Å²) in [6.07, 6.45) is 4.90. The molecule has 0 aromatic heterocycles. The Labute approximate surface area is 96.5 Å². The van der Waals surface area contributed by atoms with E-state index in [-0.39, 0.29) is 12.6 Å². The first-order valence-electron chi connectivity index (χ1n) is 5.52. The molecule has 0 spiro atoms. The molecule has 0 heterocycles. The quantitative estimate of drug-likeness (QED) is 0.786. The topological polar surface area (TPSA) is 74.7 Å². The van der Waals surface area contributed by atoms with Gasteiger partial charge >= 0.3 is 5.97 Å². The molecule has 1 fully saturated rings. The van der Waals surface area contributed by atoms with Gasteiger partial charge in [-0.1, -0.05) is 19.8 Å². The molecule has 1 aliphatic rings. The lowest BCUT2D eigenvalue weighted by Crippen LogP contribution is -2.42. The van der Waals surface area contributed by atoms with Gasteiger partial charge in [-0.25, -0.2) is 8.42 Å². The number of sulfonamides is 1. The van der Waals surface area contributed by atoms with Crippen molar-refractivity contribution < 1.29 is 18.3 Å². The van der Waals surface area contributed by atoms with Gasteiger partial charge in [-0.2, -0.15) is 4.31 Å². The van der Waals surface area contributed by atoms with Crippen LogP contribution in [0.4, 0.5) is 0 Å². The van der Waals surface area contributed by atoms with E-state index in [9.17, 15) is 13.2 Å². The number of carboxylic acid groups (broad SMARTS) is 1. The molecule has 0 bridgehead atoms. The molecule has 0 aromatic rings. The summed E-state index contributed by atoms with van der Waals surface area (Å²) in [6.45, 7) is 1.62. The lowest BCUT2D eigenvalue weighted by atomic mass is 10.1. The van der Waals surface area contributed by atoms with Gasteiger partial charge in [-0.3, -0.25) is 4.79 Å². The second-order valence-corrected chi connectivity index (χ2v) is 6.45.